The van der Waals surface area contributed by atoms with Gasteiger partial charge in [-0.15, -0.1) is 0 Å². The number of nitrogens with zero attached hydrogens (tertiary/aromatic N) is 1. The number of ether oxygens (including phenoxy) is 1. The molecule has 1 heterocycles. The number of Topliss-reactive ketones (excluding diaryl/α,β-unsaturated/α-hetero) is 1. The van der Waals surface area contributed by atoms with Crippen LogP contribution in [0, 0.1) is 50.7 Å². The molecule has 0 bridgehead atoms. The fourth-order valence-corrected chi connectivity index (χ4v) is 16.1. The lowest BCUT2D eigenvalue weighted by molar-refractivity contribution is -0.196. The average Bonchev–Trinajstić information content (AvgIpc) is 3.50. The SMILES string of the molecule is CC(C)C1=C2[C@H]3CC[C@@H]4[C@@]5(C)CC=C(C6=CC[C@@](CF)(C(=O)OCc7ccccc7)CC6)C(C)(C)[C@@H]5CC[C@@]4(C)[C@]3(C)CC[C@@]2(NCCN2CCS(=O)(=O)CC2)CC1=O. The van der Waals surface area contributed by atoms with Crippen LogP contribution in [-0.2, 0) is 30.8 Å². The Bertz CT molecular complexity index is 2030. The van der Waals surface area contributed by atoms with Gasteiger partial charge in [-0.25, -0.2) is 12.8 Å². The Morgan fingerprint density at radius 1 is 0.915 bits per heavy atom. The van der Waals surface area contributed by atoms with Gasteiger partial charge >= 0.3 is 5.97 Å². The summed E-state index contributed by atoms with van der Waals surface area (Å²) in [5, 5.41) is 4.01. The number of nitrogens with one attached hydrogen (secondary N) is 1. The predicted molar refractivity (Wildman–Crippen MR) is 233 cm³/mol. The molecule has 4 fully saturated rings. The Hall–Kier alpha value is -2.62. The molecular formula is C50H71FN2O5S. The molecule has 59 heavy (non-hydrogen) atoms. The average molecular weight is 831 g/mol. The summed E-state index contributed by atoms with van der Waals surface area (Å²) < 4.78 is 44.7. The Morgan fingerprint density at radius 2 is 1.64 bits per heavy atom. The van der Waals surface area contributed by atoms with Crippen LogP contribution >= 0.6 is 0 Å². The molecule has 0 amide bonds. The highest BCUT2D eigenvalue weighted by molar-refractivity contribution is 7.91. The monoisotopic (exact) mass is 831 g/mol. The summed E-state index contributed by atoms with van der Waals surface area (Å²) in [7, 11) is -2.92. The van der Waals surface area contributed by atoms with Gasteiger partial charge in [0.1, 0.15) is 13.3 Å². The molecular weight excluding hydrogens is 760 g/mol. The molecule has 0 aromatic heterocycles. The van der Waals surface area contributed by atoms with Crippen molar-refractivity contribution in [2.24, 2.45) is 50.7 Å². The van der Waals surface area contributed by atoms with Crippen LogP contribution in [-0.4, -0.2) is 75.0 Å². The maximum Gasteiger partial charge on any atom is 0.315 e. The third kappa shape index (κ3) is 6.98. The molecule has 0 radical (unpaired) electrons. The van der Waals surface area contributed by atoms with Gasteiger partial charge in [0.15, 0.2) is 15.6 Å². The predicted octanol–water partition coefficient (Wildman–Crippen LogP) is 9.39. The van der Waals surface area contributed by atoms with E-state index in [1.807, 2.05) is 30.3 Å². The summed E-state index contributed by atoms with van der Waals surface area (Å²) in [5.74, 6) is 1.98. The Labute approximate surface area is 354 Å². The first kappa shape index (κ1) is 43.0. The van der Waals surface area contributed by atoms with Gasteiger partial charge in [-0.05, 0) is 137 Å². The fourth-order valence-electron chi connectivity index (χ4n) is 14.8. The molecule has 1 aromatic carbocycles. The van der Waals surface area contributed by atoms with Crippen LogP contribution in [0.2, 0.25) is 0 Å². The number of carbonyl (C=O) groups is 2. The van der Waals surface area contributed by atoms with E-state index in [1.54, 1.807) is 0 Å². The van der Waals surface area contributed by atoms with E-state index in [1.165, 1.54) is 23.1 Å². The number of esters is 1. The van der Waals surface area contributed by atoms with Crippen molar-refractivity contribution in [2.45, 2.75) is 131 Å². The van der Waals surface area contributed by atoms with E-state index in [9.17, 15) is 22.4 Å². The van der Waals surface area contributed by atoms with Gasteiger partial charge in [-0.3, -0.25) is 9.59 Å². The van der Waals surface area contributed by atoms with Crippen molar-refractivity contribution in [3.05, 3.63) is 70.3 Å². The van der Waals surface area contributed by atoms with Crippen LogP contribution in [0.5, 0.6) is 0 Å². The molecule has 7 aliphatic rings. The quantitative estimate of drug-likeness (QED) is 0.235. The van der Waals surface area contributed by atoms with Gasteiger partial charge in [-0.1, -0.05) is 91.0 Å². The van der Waals surface area contributed by atoms with Gasteiger partial charge in [0.05, 0.1) is 16.9 Å². The fraction of sp³-hybridized carbons (Fsp3) is 0.720. The number of fused-ring (bicyclic) bond motifs is 7. The van der Waals surface area contributed by atoms with Crippen LogP contribution < -0.4 is 5.32 Å². The summed E-state index contributed by atoms with van der Waals surface area (Å²) in [5.41, 5.74) is 4.98. The minimum Gasteiger partial charge on any atom is -0.460 e. The van der Waals surface area contributed by atoms with Crippen LogP contribution in [0.1, 0.15) is 125 Å². The standard InChI is InChI=1S/C50H71FN2O5S/c1-34(2)42-39(54)31-50(52-25-26-53-27-29-59(56,57)30-28-53)24-23-47(6)38(43(42)50)13-14-41-46(5)19-17-37(45(3,4)40(46)18-20-48(41,47)7)36-15-21-49(33-51,22-16-36)44(55)58-32-35-11-9-8-10-12-35/h8-12,15,17,34,38,40-41,52H,13-14,16,18-33H2,1-7H3/t38-,40+,41-,46+,47-,48-,49-,50-/m1/s1. The van der Waals surface area contributed by atoms with E-state index in [0.29, 0.717) is 62.3 Å². The zero-order valence-corrected chi connectivity index (χ0v) is 37.9. The largest absolute Gasteiger partial charge is 0.460 e. The Morgan fingerprint density at radius 3 is 2.31 bits per heavy atom. The van der Waals surface area contributed by atoms with Crippen molar-refractivity contribution in [1.82, 2.24) is 10.2 Å². The molecule has 7 nitrogen and oxygen atoms in total. The molecule has 0 unspecified atom stereocenters. The lowest BCUT2D eigenvalue weighted by atomic mass is 9.33. The van der Waals surface area contributed by atoms with E-state index in [-0.39, 0.29) is 51.2 Å². The number of hydrogen-bond donors (Lipinski definition) is 1. The first-order valence-electron chi connectivity index (χ1n) is 23.0. The molecule has 8 atom stereocenters. The van der Waals surface area contributed by atoms with Crippen molar-refractivity contribution in [2.75, 3.05) is 44.4 Å². The molecule has 6 aliphatic carbocycles. The topological polar surface area (TPSA) is 92.8 Å². The first-order chi connectivity index (χ1) is 27.8. The molecule has 8 rings (SSSR count). The van der Waals surface area contributed by atoms with Crippen molar-refractivity contribution in [3.8, 4) is 0 Å². The zero-order chi connectivity index (χ0) is 42.2. The second kappa shape index (κ2) is 15.3. The Kier molecular flexibility index (Phi) is 11.2. The third-order valence-corrected chi connectivity index (χ3v) is 19.8. The number of rotatable bonds is 10. The van der Waals surface area contributed by atoms with E-state index in [0.717, 1.165) is 62.8 Å². The van der Waals surface area contributed by atoms with E-state index < -0.39 is 27.9 Å². The number of hydrogen-bond acceptors (Lipinski definition) is 7. The number of ketones is 1. The molecule has 1 N–H and O–H groups in total. The lowest BCUT2D eigenvalue weighted by Gasteiger charge is -2.71. The summed E-state index contributed by atoms with van der Waals surface area (Å²) in [6, 6.07) is 9.62. The maximum absolute atomic E-state index is 14.8. The van der Waals surface area contributed by atoms with E-state index in [2.05, 4.69) is 70.8 Å². The van der Waals surface area contributed by atoms with Gasteiger partial charge in [0, 0.05) is 38.1 Å². The number of allylic oxidation sites excluding steroid dienone is 5. The number of benzene rings is 1. The smallest absolute Gasteiger partial charge is 0.315 e. The van der Waals surface area contributed by atoms with Crippen LogP contribution in [0.4, 0.5) is 4.39 Å². The van der Waals surface area contributed by atoms with Crippen LogP contribution in [0.3, 0.4) is 0 Å². The number of carbonyl (C=O) groups excluding carboxylic acids is 2. The molecule has 1 saturated heterocycles. The van der Waals surface area contributed by atoms with Gasteiger partial charge in [0.25, 0.3) is 0 Å². The first-order valence-corrected chi connectivity index (χ1v) is 24.8. The van der Waals surface area contributed by atoms with Crippen molar-refractivity contribution < 1.29 is 27.1 Å². The summed E-state index contributed by atoms with van der Waals surface area (Å²) in [4.78, 5) is 29.7. The normalized spacial score (nSPS) is 39.1. The van der Waals surface area contributed by atoms with Gasteiger partial charge in [0.2, 0.25) is 0 Å². The number of sulfone groups is 1. The lowest BCUT2D eigenvalue weighted by Crippen LogP contribution is -2.66. The zero-order valence-electron chi connectivity index (χ0n) is 37.1. The highest BCUT2D eigenvalue weighted by atomic mass is 32.2. The molecule has 3 saturated carbocycles. The molecule has 1 aliphatic heterocycles. The number of halogens is 1. The summed E-state index contributed by atoms with van der Waals surface area (Å²) in [6.07, 6.45) is 14.5. The van der Waals surface area contributed by atoms with Crippen molar-refractivity contribution >= 4 is 21.6 Å². The molecule has 9 heteroatoms. The van der Waals surface area contributed by atoms with E-state index in [4.69, 9.17) is 4.74 Å². The van der Waals surface area contributed by atoms with Crippen molar-refractivity contribution in [3.63, 3.8) is 0 Å². The van der Waals surface area contributed by atoms with Crippen LogP contribution in [0.15, 0.2) is 64.8 Å². The molecule has 324 valence electrons. The van der Waals surface area contributed by atoms with Crippen molar-refractivity contribution in [1.29, 1.82) is 0 Å². The minimum absolute atomic E-state index is 0.0587. The second-order valence-corrected chi connectivity index (χ2v) is 24.0. The summed E-state index contributed by atoms with van der Waals surface area (Å²) >= 11 is 0. The third-order valence-electron chi connectivity index (χ3n) is 18.2. The minimum atomic E-state index is -2.92. The maximum atomic E-state index is 14.8. The van der Waals surface area contributed by atoms with Gasteiger partial charge < -0.3 is 15.0 Å². The highest BCUT2D eigenvalue weighted by Gasteiger charge is 2.69. The second-order valence-electron chi connectivity index (χ2n) is 21.7. The Balaban J connectivity index is 1.02. The highest BCUT2D eigenvalue weighted by Crippen LogP contribution is 2.76. The molecule has 1 aromatic rings. The van der Waals surface area contributed by atoms with E-state index >= 15 is 0 Å². The van der Waals surface area contributed by atoms with Crippen LogP contribution in [0.25, 0.3) is 0 Å². The molecule has 0 spiro atoms. The van der Waals surface area contributed by atoms with Gasteiger partial charge in [-0.2, -0.15) is 0 Å². The number of alkyl halides is 1. The summed E-state index contributed by atoms with van der Waals surface area (Å²) in [6.45, 7) is 19.4.